The minimum atomic E-state index is -0.665. The summed E-state index contributed by atoms with van der Waals surface area (Å²) in [5.41, 5.74) is 0.979. The Labute approximate surface area is 130 Å². The fourth-order valence-electron chi connectivity index (χ4n) is 4.52. The third kappa shape index (κ3) is 2.36. The average Bonchev–Trinajstić information content (AvgIpc) is 2.94. The molecule has 2 saturated heterocycles. The van der Waals surface area contributed by atoms with Crippen LogP contribution in [0.15, 0.2) is 18.3 Å². The third-order valence-electron chi connectivity index (χ3n) is 5.70. The molecule has 3 aliphatic rings. The van der Waals surface area contributed by atoms with Gasteiger partial charge in [0, 0.05) is 31.2 Å². The lowest BCUT2D eigenvalue weighted by Gasteiger charge is -2.64. The van der Waals surface area contributed by atoms with Gasteiger partial charge in [-0.25, -0.2) is 4.39 Å². The second-order valence-electron chi connectivity index (χ2n) is 7.06. The zero-order valence-corrected chi connectivity index (χ0v) is 12.7. The lowest BCUT2D eigenvalue weighted by atomic mass is 9.56. The Morgan fingerprint density at radius 3 is 2.86 bits per heavy atom. The molecule has 4 rings (SSSR count). The van der Waals surface area contributed by atoms with Crippen molar-refractivity contribution in [2.75, 3.05) is 19.7 Å². The summed E-state index contributed by atoms with van der Waals surface area (Å²) in [7, 11) is 0. The van der Waals surface area contributed by atoms with Crippen LogP contribution in [0.1, 0.15) is 43.9 Å². The number of likely N-dealkylation sites (tertiary alicyclic amines) is 1. The molecule has 3 fully saturated rings. The van der Waals surface area contributed by atoms with Crippen LogP contribution in [0.4, 0.5) is 4.39 Å². The summed E-state index contributed by atoms with van der Waals surface area (Å²) in [6.45, 7) is 2.48. The van der Waals surface area contributed by atoms with Crippen molar-refractivity contribution >= 4 is 0 Å². The van der Waals surface area contributed by atoms with Gasteiger partial charge in [-0.1, -0.05) is 6.42 Å². The molecule has 0 amide bonds. The van der Waals surface area contributed by atoms with Crippen LogP contribution in [0.25, 0.3) is 0 Å². The molecular weight excluding hydrogens is 283 g/mol. The fraction of sp³-hybridized carbons (Fsp3) is 0.706. The lowest BCUT2D eigenvalue weighted by molar-refractivity contribution is -0.180. The van der Waals surface area contributed by atoms with E-state index < -0.39 is 6.10 Å². The summed E-state index contributed by atoms with van der Waals surface area (Å²) in [6.07, 6.45) is 7.00. The van der Waals surface area contributed by atoms with Crippen molar-refractivity contribution in [1.29, 1.82) is 0 Å². The Balaban J connectivity index is 1.44. The standard InChI is InChI=1S/C17H23FN2O2/c18-12-4-5-13(19-9-12)14(21)10-20-11-17(6-2-7-17)16(20)15-3-1-8-22-15/h4-5,9,14-16,21H,1-3,6-8,10-11H2. The van der Waals surface area contributed by atoms with Gasteiger partial charge in [0.15, 0.2) is 0 Å². The molecule has 0 radical (unpaired) electrons. The van der Waals surface area contributed by atoms with Gasteiger partial charge in [-0.2, -0.15) is 0 Å². The van der Waals surface area contributed by atoms with Crippen LogP contribution in [0.2, 0.25) is 0 Å². The molecule has 1 aromatic rings. The van der Waals surface area contributed by atoms with Gasteiger partial charge in [0.25, 0.3) is 0 Å². The molecule has 0 bridgehead atoms. The number of rotatable bonds is 4. The number of aromatic nitrogens is 1. The Bertz CT molecular complexity index is 526. The Hall–Kier alpha value is -1.04. The highest BCUT2D eigenvalue weighted by Gasteiger charge is 2.59. The number of β-amino-alcohol motifs (C(OH)–C–C–N with tert-alkyl or cyclic N) is 1. The van der Waals surface area contributed by atoms with E-state index in [0.29, 0.717) is 29.8 Å². The van der Waals surface area contributed by atoms with Crippen LogP contribution in [0.3, 0.4) is 0 Å². The molecule has 2 aliphatic heterocycles. The number of ether oxygens (including phenoxy) is 1. The molecule has 3 unspecified atom stereocenters. The van der Waals surface area contributed by atoms with E-state index in [-0.39, 0.29) is 5.82 Å². The molecule has 1 N–H and O–H groups in total. The highest BCUT2D eigenvalue weighted by atomic mass is 19.1. The predicted molar refractivity (Wildman–Crippen MR) is 79.8 cm³/mol. The summed E-state index contributed by atoms with van der Waals surface area (Å²) in [5, 5.41) is 10.4. The summed E-state index contributed by atoms with van der Waals surface area (Å²) in [5.74, 6) is -0.370. The van der Waals surface area contributed by atoms with E-state index in [0.717, 1.165) is 26.0 Å². The quantitative estimate of drug-likeness (QED) is 0.927. The van der Waals surface area contributed by atoms with Gasteiger partial charge in [0.1, 0.15) is 11.9 Å². The number of aliphatic hydroxyl groups excluding tert-OH is 1. The fourth-order valence-corrected chi connectivity index (χ4v) is 4.52. The van der Waals surface area contributed by atoms with Gasteiger partial charge in [-0.15, -0.1) is 0 Å². The normalized spacial score (nSPS) is 31.7. The number of hydrogen-bond acceptors (Lipinski definition) is 4. The van der Waals surface area contributed by atoms with E-state index in [1.807, 2.05) is 0 Å². The van der Waals surface area contributed by atoms with Crippen LogP contribution < -0.4 is 0 Å². The molecule has 0 aromatic carbocycles. The first-order valence-electron chi connectivity index (χ1n) is 8.33. The largest absolute Gasteiger partial charge is 0.385 e. The van der Waals surface area contributed by atoms with Crippen molar-refractivity contribution in [2.45, 2.75) is 50.4 Å². The summed E-state index contributed by atoms with van der Waals surface area (Å²) in [6, 6.07) is 3.37. The second-order valence-corrected chi connectivity index (χ2v) is 7.06. The van der Waals surface area contributed by atoms with Crippen LogP contribution >= 0.6 is 0 Å². The maximum atomic E-state index is 12.9. The van der Waals surface area contributed by atoms with Gasteiger partial charge in [0.05, 0.1) is 18.0 Å². The van der Waals surface area contributed by atoms with E-state index in [4.69, 9.17) is 4.74 Å². The van der Waals surface area contributed by atoms with Gasteiger partial charge < -0.3 is 9.84 Å². The molecule has 1 spiro atoms. The molecular formula is C17H23FN2O2. The summed E-state index contributed by atoms with van der Waals surface area (Å²) in [4.78, 5) is 6.35. The van der Waals surface area contributed by atoms with Crippen LogP contribution in [0.5, 0.6) is 0 Å². The van der Waals surface area contributed by atoms with E-state index in [2.05, 4.69) is 9.88 Å². The molecule has 1 saturated carbocycles. The molecule has 4 nitrogen and oxygen atoms in total. The van der Waals surface area contributed by atoms with Crippen LogP contribution in [0, 0.1) is 11.2 Å². The van der Waals surface area contributed by atoms with Crippen LogP contribution in [-0.4, -0.2) is 46.8 Å². The van der Waals surface area contributed by atoms with Crippen molar-refractivity contribution in [1.82, 2.24) is 9.88 Å². The number of hydrogen-bond donors (Lipinski definition) is 1. The molecule has 5 heteroatoms. The van der Waals surface area contributed by atoms with Crippen molar-refractivity contribution in [3.05, 3.63) is 29.8 Å². The summed E-state index contributed by atoms with van der Waals surface area (Å²) >= 11 is 0. The van der Waals surface area contributed by atoms with Gasteiger partial charge in [-0.3, -0.25) is 9.88 Å². The lowest BCUT2D eigenvalue weighted by Crippen LogP contribution is -2.71. The minimum Gasteiger partial charge on any atom is -0.385 e. The first-order chi connectivity index (χ1) is 10.7. The monoisotopic (exact) mass is 306 g/mol. The topological polar surface area (TPSA) is 45.6 Å². The SMILES string of the molecule is OC(CN1CC2(CCC2)C1C1CCCO1)c1ccc(F)cn1. The Morgan fingerprint density at radius 2 is 2.27 bits per heavy atom. The Morgan fingerprint density at radius 1 is 1.41 bits per heavy atom. The minimum absolute atomic E-state index is 0.322. The maximum Gasteiger partial charge on any atom is 0.141 e. The highest BCUT2D eigenvalue weighted by molar-refractivity contribution is 5.14. The van der Waals surface area contributed by atoms with E-state index >= 15 is 0 Å². The number of pyridine rings is 1. The first kappa shape index (κ1) is 14.5. The van der Waals surface area contributed by atoms with Crippen molar-refractivity contribution in [3.63, 3.8) is 0 Å². The third-order valence-corrected chi connectivity index (χ3v) is 5.70. The van der Waals surface area contributed by atoms with E-state index in [1.165, 1.54) is 31.5 Å². The predicted octanol–water partition coefficient (Wildman–Crippen LogP) is 2.29. The second kappa shape index (κ2) is 5.55. The van der Waals surface area contributed by atoms with Gasteiger partial charge in [0.2, 0.25) is 0 Å². The first-order valence-corrected chi connectivity index (χ1v) is 8.33. The average molecular weight is 306 g/mol. The smallest absolute Gasteiger partial charge is 0.141 e. The Kier molecular flexibility index (Phi) is 3.67. The molecule has 120 valence electrons. The molecule has 1 aliphatic carbocycles. The molecule has 3 heterocycles. The van der Waals surface area contributed by atoms with Gasteiger partial charge in [-0.05, 0) is 37.8 Å². The number of halogens is 1. The highest BCUT2D eigenvalue weighted by Crippen LogP contribution is 2.55. The van der Waals surface area contributed by atoms with E-state index in [9.17, 15) is 9.50 Å². The van der Waals surface area contributed by atoms with E-state index in [1.54, 1.807) is 6.07 Å². The number of nitrogens with zero attached hydrogens (tertiary/aromatic N) is 2. The molecule has 3 atom stereocenters. The number of aliphatic hydroxyl groups is 1. The van der Waals surface area contributed by atoms with Crippen molar-refractivity contribution < 1.29 is 14.2 Å². The van der Waals surface area contributed by atoms with Crippen molar-refractivity contribution in [3.8, 4) is 0 Å². The zero-order valence-electron chi connectivity index (χ0n) is 12.7. The summed E-state index contributed by atoms with van der Waals surface area (Å²) < 4.78 is 18.9. The molecule has 1 aromatic heterocycles. The van der Waals surface area contributed by atoms with Gasteiger partial charge >= 0.3 is 0 Å². The zero-order chi connectivity index (χ0) is 15.2. The molecule has 22 heavy (non-hydrogen) atoms. The van der Waals surface area contributed by atoms with Crippen molar-refractivity contribution in [2.24, 2.45) is 5.41 Å². The van der Waals surface area contributed by atoms with Crippen LogP contribution in [-0.2, 0) is 4.74 Å². The maximum absolute atomic E-state index is 12.9.